The Morgan fingerprint density at radius 2 is 2.00 bits per heavy atom. The standard InChI is InChI=1S/C22H22O5/c1-4-5-14-20(23)17-10-13(22(24)25-3)7-9-19(17)27-21(14)16-11-15(16)18-8-6-12(2)26-18/h6-10,15-16H,4-5,11H2,1-3H3. The average Bonchev–Trinajstić information content (AvgIpc) is 3.36. The maximum Gasteiger partial charge on any atom is 0.337 e. The van der Waals surface area contributed by atoms with Gasteiger partial charge in [-0.1, -0.05) is 13.3 Å². The summed E-state index contributed by atoms with van der Waals surface area (Å²) in [5, 5.41) is 0.427. The van der Waals surface area contributed by atoms with E-state index < -0.39 is 5.97 Å². The predicted molar refractivity (Wildman–Crippen MR) is 101 cm³/mol. The molecule has 27 heavy (non-hydrogen) atoms. The zero-order valence-corrected chi connectivity index (χ0v) is 15.7. The Labute approximate surface area is 156 Å². The SMILES string of the molecule is CCCc1c(C2CC2c2ccc(C)o2)oc2ccc(C(=O)OC)cc2c1=O. The smallest absolute Gasteiger partial charge is 0.337 e. The number of ether oxygens (including phenoxy) is 1. The minimum absolute atomic E-state index is 0.0554. The molecule has 0 N–H and O–H groups in total. The molecular formula is C22H22O5. The van der Waals surface area contributed by atoms with Gasteiger partial charge in [0.2, 0.25) is 0 Å². The predicted octanol–water partition coefficient (Wildman–Crippen LogP) is 4.70. The van der Waals surface area contributed by atoms with Crippen LogP contribution < -0.4 is 5.43 Å². The van der Waals surface area contributed by atoms with Gasteiger partial charge in [0, 0.05) is 17.4 Å². The highest BCUT2D eigenvalue weighted by molar-refractivity contribution is 5.94. The Balaban J connectivity index is 1.80. The van der Waals surface area contributed by atoms with Crippen molar-refractivity contribution < 1.29 is 18.4 Å². The van der Waals surface area contributed by atoms with Crippen molar-refractivity contribution in [2.75, 3.05) is 7.11 Å². The Morgan fingerprint density at radius 3 is 2.67 bits per heavy atom. The summed E-state index contributed by atoms with van der Waals surface area (Å²) in [5.41, 5.74) is 1.51. The molecule has 5 heteroatoms. The van der Waals surface area contributed by atoms with Crippen molar-refractivity contribution >= 4 is 16.9 Å². The molecule has 2 unspecified atom stereocenters. The second-order valence-corrected chi connectivity index (χ2v) is 7.12. The number of furan rings is 1. The number of benzene rings is 1. The molecule has 2 heterocycles. The lowest BCUT2D eigenvalue weighted by atomic mass is 10.0. The first-order valence-electron chi connectivity index (χ1n) is 9.27. The molecule has 0 aliphatic heterocycles. The fraction of sp³-hybridized carbons (Fsp3) is 0.364. The van der Waals surface area contributed by atoms with Crippen LogP contribution in [0.1, 0.15) is 64.8 Å². The average molecular weight is 366 g/mol. The van der Waals surface area contributed by atoms with Gasteiger partial charge in [0.15, 0.2) is 5.43 Å². The quantitative estimate of drug-likeness (QED) is 0.612. The van der Waals surface area contributed by atoms with E-state index in [1.165, 1.54) is 7.11 Å². The first-order chi connectivity index (χ1) is 13.0. The first kappa shape index (κ1) is 17.6. The van der Waals surface area contributed by atoms with Crippen LogP contribution in [0.5, 0.6) is 0 Å². The van der Waals surface area contributed by atoms with Gasteiger partial charge >= 0.3 is 5.97 Å². The number of methoxy groups -OCH3 is 1. The van der Waals surface area contributed by atoms with E-state index >= 15 is 0 Å². The molecule has 0 amide bonds. The fourth-order valence-corrected chi connectivity index (χ4v) is 3.73. The molecule has 0 spiro atoms. The van der Waals surface area contributed by atoms with Crippen molar-refractivity contribution in [3.8, 4) is 0 Å². The number of rotatable bonds is 5. The van der Waals surface area contributed by atoms with Gasteiger partial charge in [0.25, 0.3) is 0 Å². The minimum Gasteiger partial charge on any atom is -0.466 e. The van der Waals surface area contributed by atoms with Crippen molar-refractivity contribution in [1.82, 2.24) is 0 Å². The largest absolute Gasteiger partial charge is 0.466 e. The first-order valence-corrected chi connectivity index (χ1v) is 9.27. The molecule has 0 bridgehead atoms. The van der Waals surface area contributed by atoms with Crippen molar-refractivity contribution in [2.24, 2.45) is 0 Å². The van der Waals surface area contributed by atoms with Crippen LogP contribution in [-0.4, -0.2) is 13.1 Å². The van der Waals surface area contributed by atoms with Crippen LogP contribution in [0.2, 0.25) is 0 Å². The Morgan fingerprint density at radius 1 is 1.19 bits per heavy atom. The second kappa shape index (κ2) is 6.72. The number of carbonyl (C=O) groups excluding carboxylic acids is 1. The number of aryl methyl sites for hydroxylation is 1. The third kappa shape index (κ3) is 3.07. The molecule has 5 nitrogen and oxygen atoms in total. The van der Waals surface area contributed by atoms with E-state index in [1.807, 2.05) is 26.0 Å². The summed E-state index contributed by atoms with van der Waals surface area (Å²) in [7, 11) is 1.32. The van der Waals surface area contributed by atoms with Gasteiger partial charge in [-0.3, -0.25) is 4.79 Å². The summed E-state index contributed by atoms with van der Waals surface area (Å²) < 4.78 is 16.7. The van der Waals surface area contributed by atoms with Crippen molar-refractivity contribution in [3.05, 3.63) is 69.0 Å². The summed E-state index contributed by atoms with van der Waals surface area (Å²) in [6.07, 6.45) is 2.41. The molecule has 3 aromatic rings. The van der Waals surface area contributed by atoms with Crippen LogP contribution in [0.15, 0.2) is 44.0 Å². The minimum atomic E-state index is -0.465. The molecule has 2 aromatic heterocycles. The van der Waals surface area contributed by atoms with Crippen LogP contribution in [0.4, 0.5) is 0 Å². The Kier molecular flexibility index (Phi) is 4.38. The Hall–Kier alpha value is -2.82. The molecule has 2 atom stereocenters. The number of hydrogen-bond acceptors (Lipinski definition) is 5. The molecule has 1 fully saturated rings. The van der Waals surface area contributed by atoms with Gasteiger partial charge in [0.1, 0.15) is 22.9 Å². The van der Waals surface area contributed by atoms with Crippen LogP contribution in [-0.2, 0) is 11.2 Å². The normalized spacial score (nSPS) is 18.6. The number of hydrogen-bond donors (Lipinski definition) is 0. The topological polar surface area (TPSA) is 69.7 Å². The van der Waals surface area contributed by atoms with E-state index in [0.717, 1.165) is 30.1 Å². The lowest BCUT2D eigenvalue weighted by molar-refractivity contribution is 0.0601. The Bertz CT molecular complexity index is 1070. The van der Waals surface area contributed by atoms with Crippen LogP contribution in [0.3, 0.4) is 0 Å². The van der Waals surface area contributed by atoms with Crippen LogP contribution in [0, 0.1) is 6.92 Å². The molecule has 0 saturated heterocycles. The van der Waals surface area contributed by atoms with Crippen molar-refractivity contribution in [2.45, 2.75) is 44.9 Å². The summed E-state index contributed by atoms with van der Waals surface area (Å²) in [5.74, 6) is 2.55. The number of carbonyl (C=O) groups is 1. The zero-order valence-electron chi connectivity index (χ0n) is 15.7. The van der Waals surface area contributed by atoms with Gasteiger partial charge in [-0.15, -0.1) is 0 Å². The summed E-state index contributed by atoms with van der Waals surface area (Å²) >= 11 is 0. The monoisotopic (exact) mass is 366 g/mol. The van der Waals surface area contributed by atoms with Gasteiger partial charge in [0.05, 0.1) is 18.1 Å². The fourth-order valence-electron chi connectivity index (χ4n) is 3.73. The van der Waals surface area contributed by atoms with Crippen molar-refractivity contribution in [1.29, 1.82) is 0 Å². The second-order valence-electron chi connectivity index (χ2n) is 7.12. The molecule has 4 rings (SSSR count). The van der Waals surface area contributed by atoms with Gasteiger partial charge in [-0.2, -0.15) is 0 Å². The zero-order chi connectivity index (χ0) is 19.1. The van der Waals surface area contributed by atoms with E-state index in [1.54, 1.807) is 18.2 Å². The van der Waals surface area contributed by atoms with Crippen molar-refractivity contribution in [3.63, 3.8) is 0 Å². The molecule has 140 valence electrons. The third-order valence-electron chi connectivity index (χ3n) is 5.19. The van der Waals surface area contributed by atoms with E-state index in [4.69, 9.17) is 13.6 Å². The highest BCUT2D eigenvalue weighted by Gasteiger charge is 2.45. The molecule has 1 aromatic carbocycles. The third-order valence-corrected chi connectivity index (χ3v) is 5.19. The molecular weight excluding hydrogens is 344 g/mol. The lowest BCUT2D eigenvalue weighted by Gasteiger charge is -2.10. The summed E-state index contributed by atoms with van der Waals surface area (Å²) in [4.78, 5) is 24.9. The van der Waals surface area contributed by atoms with Gasteiger partial charge in [-0.05, 0) is 50.1 Å². The van der Waals surface area contributed by atoms with E-state index in [9.17, 15) is 9.59 Å². The lowest BCUT2D eigenvalue weighted by Crippen LogP contribution is -2.13. The summed E-state index contributed by atoms with van der Waals surface area (Å²) in [6.45, 7) is 3.97. The summed E-state index contributed by atoms with van der Waals surface area (Å²) in [6, 6.07) is 8.83. The highest BCUT2D eigenvalue weighted by atomic mass is 16.5. The maximum atomic E-state index is 13.1. The number of fused-ring (bicyclic) bond motifs is 1. The van der Waals surface area contributed by atoms with E-state index in [2.05, 4.69) is 0 Å². The molecule has 1 saturated carbocycles. The van der Waals surface area contributed by atoms with Gasteiger partial charge < -0.3 is 13.6 Å². The van der Waals surface area contributed by atoms with E-state index in [0.29, 0.717) is 28.5 Å². The van der Waals surface area contributed by atoms with Crippen LogP contribution in [0.25, 0.3) is 11.0 Å². The number of esters is 1. The highest BCUT2D eigenvalue weighted by Crippen LogP contribution is 2.55. The maximum absolute atomic E-state index is 13.1. The molecule has 0 radical (unpaired) electrons. The van der Waals surface area contributed by atoms with Gasteiger partial charge in [-0.25, -0.2) is 4.79 Å². The molecule has 1 aliphatic rings. The molecule has 1 aliphatic carbocycles. The van der Waals surface area contributed by atoms with Crippen LogP contribution >= 0.6 is 0 Å². The van der Waals surface area contributed by atoms with E-state index in [-0.39, 0.29) is 17.3 Å².